The third-order valence-electron chi connectivity index (χ3n) is 3.24. The molecule has 1 aromatic rings. The van der Waals surface area contributed by atoms with Crippen LogP contribution < -0.4 is 15.4 Å². The summed E-state index contributed by atoms with van der Waals surface area (Å²) in [4.78, 5) is 23.1. The van der Waals surface area contributed by atoms with Gasteiger partial charge in [-0.25, -0.2) is 0 Å². The van der Waals surface area contributed by atoms with Gasteiger partial charge in [0.1, 0.15) is 5.75 Å². The van der Waals surface area contributed by atoms with Gasteiger partial charge in [0, 0.05) is 17.7 Å². The zero-order valence-corrected chi connectivity index (χ0v) is 11.2. The Balaban J connectivity index is 2.10. The van der Waals surface area contributed by atoms with Crippen LogP contribution in [0.2, 0.25) is 0 Å². The van der Waals surface area contributed by atoms with Gasteiger partial charge in [-0.05, 0) is 25.0 Å². The van der Waals surface area contributed by atoms with Crippen LogP contribution in [-0.4, -0.2) is 18.4 Å². The van der Waals surface area contributed by atoms with E-state index in [-0.39, 0.29) is 24.3 Å². The van der Waals surface area contributed by atoms with Crippen LogP contribution in [0.5, 0.6) is 5.75 Å². The van der Waals surface area contributed by atoms with Crippen molar-refractivity contribution in [2.45, 2.75) is 26.7 Å². The van der Waals surface area contributed by atoms with Gasteiger partial charge >= 0.3 is 0 Å². The molecule has 102 valence electrons. The molecule has 0 fully saturated rings. The summed E-state index contributed by atoms with van der Waals surface area (Å²) in [5.74, 6) is 0.463. The molecule has 0 saturated heterocycles. The van der Waals surface area contributed by atoms with Crippen molar-refractivity contribution < 1.29 is 14.3 Å². The number of rotatable bonds is 4. The summed E-state index contributed by atoms with van der Waals surface area (Å²) in [7, 11) is 0. The first-order valence-corrected chi connectivity index (χ1v) is 6.51. The molecule has 2 amide bonds. The molecule has 1 aliphatic heterocycles. The molecule has 1 heterocycles. The highest BCUT2D eigenvalue weighted by Gasteiger charge is 2.18. The summed E-state index contributed by atoms with van der Waals surface area (Å²) in [5.41, 5.74) is 1.32. The lowest BCUT2D eigenvalue weighted by molar-refractivity contribution is -0.120. The largest absolute Gasteiger partial charge is 0.482 e. The minimum Gasteiger partial charge on any atom is -0.482 e. The second-order valence-electron chi connectivity index (χ2n) is 4.55. The molecule has 0 aromatic heterocycles. The van der Waals surface area contributed by atoms with Crippen LogP contribution in [-0.2, 0) is 9.59 Å². The number of carbonyl (C=O) groups excluding carboxylic acids is 2. The van der Waals surface area contributed by atoms with E-state index in [1.807, 2.05) is 13.8 Å². The van der Waals surface area contributed by atoms with Crippen molar-refractivity contribution in [2.75, 3.05) is 17.2 Å². The molecule has 19 heavy (non-hydrogen) atoms. The van der Waals surface area contributed by atoms with Crippen molar-refractivity contribution in [1.29, 1.82) is 0 Å². The monoisotopic (exact) mass is 262 g/mol. The standard InChI is InChI=1S/C14H18N2O3/c1-3-9(4-2)14(18)15-10-5-6-11-12(7-10)19-8-13(17)16-11/h5-7,9H,3-4,8H2,1-2H3,(H,15,18)(H,16,17). The number of carbonyl (C=O) groups is 2. The molecule has 0 atom stereocenters. The van der Waals surface area contributed by atoms with Gasteiger partial charge in [-0.3, -0.25) is 9.59 Å². The van der Waals surface area contributed by atoms with E-state index in [1.165, 1.54) is 0 Å². The molecule has 0 radical (unpaired) electrons. The van der Waals surface area contributed by atoms with Crippen LogP contribution in [0.25, 0.3) is 0 Å². The lowest BCUT2D eigenvalue weighted by Crippen LogP contribution is -2.26. The number of ether oxygens (including phenoxy) is 1. The first-order chi connectivity index (χ1) is 9.13. The first kappa shape index (κ1) is 13.4. The first-order valence-electron chi connectivity index (χ1n) is 6.51. The molecule has 1 aromatic carbocycles. The minimum absolute atomic E-state index is 0.0109. The van der Waals surface area contributed by atoms with Gasteiger partial charge in [0.05, 0.1) is 5.69 Å². The van der Waals surface area contributed by atoms with Gasteiger partial charge in [-0.1, -0.05) is 13.8 Å². The maximum Gasteiger partial charge on any atom is 0.262 e. The van der Waals surface area contributed by atoms with Crippen LogP contribution in [0.15, 0.2) is 18.2 Å². The maximum absolute atomic E-state index is 12.0. The molecule has 0 unspecified atom stereocenters. The van der Waals surface area contributed by atoms with Crippen LogP contribution in [0.1, 0.15) is 26.7 Å². The van der Waals surface area contributed by atoms with E-state index in [9.17, 15) is 9.59 Å². The Hall–Kier alpha value is -2.04. The number of benzene rings is 1. The zero-order chi connectivity index (χ0) is 13.8. The van der Waals surface area contributed by atoms with Crippen molar-refractivity contribution in [3.63, 3.8) is 0 Å². The van der Waals surface area contributed by atoms with Gasteiger partial charge in [-0.15, -0.1) is 0 Å². The van der Waals surface area contributed by atoms with E-state index < -0.39 is 0 Å². The molecule has 5 nitrogen and oxygen atoms in total. The Labute approximate surface area is 112 Å². The van der Waals surface area contributed by atoms with Gasteiger partial charge in [0.15, 0.2) is 6.61 Å². The van der Waals surface area contributed by atoms with Gasteiger partial charge in [0.25, 0.3) is 5.91 Å². The number of hydrogen-bond acceptors (Lipinski definition) is 3. The van der Waals surface area contributed by atoms with E-state index in [0.717, 1.165) is 12.8 Å². The Morgan fingerprint density at radius 1 is 1.42 bits per heavy atom. The number of hydrogen-bond donors (Lipinski definition) is 2. The summed E-state index contributed by atoms with van der Waals surface area (Å²) in [6.07, 6.45) is 1.64. The van der Waals surface area contributed by atoms with Crippen LogP contribution in [0, 0.1) is 5.92 Å². The van der Waals surface area contributed by atoms with Crippen LogP contribution >= 0.6 is 0 Å². The summed E-state index contributed by atoms with van der Waals surface area (Å²) < 4.78 is 5.31. The highest BCUT2D eigenvalue weighted by molar-refractivity contribution is 5.97. The molecule has 0 saturated carbocycles. The number of nitrogens with one attached hydrogen (secondary N) is 2. The summed E-state index contributed by atoms with van der Waals surface area (Å²) in [6.45, 7) is 4.01. The maximum atomic E-state index is 12.0. The molecule has 0 aliphatic carbocycles. The lowest BCUT2D eigenvalue weighted by Gasteiger charge is -2.19. The van der Waals surface area contributed by atoms with Crippen LogP contribution in [0.4, 0.5) is 11.4 Å². The fourth-order valence-electron chi connectivity index (χ4n) is 2.06. The second-order valence-corrected chi connectivity index (χ2v) is 4.55. The number of amides is 2. The summed E-state index contributed by atoms with van der Waals surface area (Å²) in [6, 6.07) is 5.22. The number of anilines is 2. The average Bonchev–Trinajstić information content (AvgIpc) is 2.40. The Bertz CT molecular complexity index is 495. The predicted octanol–water partition coefficient (Wildman–Crippen LogP) is 2.39. The normalized spacial score (nSPS) is 13.5. The van der Waals surface area contributed by atoms with E-state index in [2.05, 4.69) is 10.6 Å². The van der Waals surface area contributed by atoms with Gasteiger partial charge in [0.2, 0.25) is 5.91 Å². The number of fused-ring (bicyclic) bond motifs is 1. The van der Waals surface area contributed by atoms with E-state index in [1.54, 1.807) is 18.2 Å². The van der Waals surface area contributed by atoms with Gasteiger partial charge in [-0.2, -0.15) is 0 Å². The van der Waals surface area contributed by atoms with Crippen molar-refractivity contribution in [3.05, 3.63) is 18.2 Å². The lowest BCUT2D eigenvalue weighted by atomic mass is 10.0. The fourth-order valence-corrected chi connectivity index (χ4v) is 2.06. The molecule has 0 bridgehead atoms. The molecule has 5 heteroatoms. The van der Waals surface area contributed by atoms with Crippen LogP contribution in [0.3, 0.4) is 0 Å². The van der Waals surface area contributed by atoms with E-state index >= 15 is 0 Å². The SMILES string of the molecule is CCC(CC)C(=O)Nc1ccc2c(c1)OCC(=O)N2. The molecule has 1 aliphatic rings. The molecule has 2 N–H and O–H groups in total. The Morgan fingerprint density at radius 3 is 2.84 bits per heavy atom. The third kappa shape index (κ3) is 3.05. The van der Waals surface area contributed by atoms with Crippen molar-refractivity contribution in [1.82, 2.24) is 0 Å². The Morgan fingerprint density at radius 2 is 2.16 bits per heavy atom. The topological polar surface area (TPSA) is 67.4 Å². The average molecular weight is 262 g/mol. The van der Waals surface area contributed by atoms with Crippen molar-refractivity contribution in [3.8, 4) is 5.75 Å². The van der Waals surface area contributed by atoms with Gasteiger partial charge < -0.3 is 15.4 Å². The van der Waals surface area contributed by atoms with Crippen molar-refractivity contribution >= 4 is 23.2 Å². The van der Waals surface area contributed by atoms with E-state index in [4.69, 9.17) is 4.74 Å². The third-order valence-corrected chi connectivity index (χ3v) is 3.24. The molecular formula is C14H18N2O3. The van der Waals surface area contributed by atoms with Crippen molar-refractivity contribution in [2.24, 2.45) is 5.92 Å². The second kappa shape index (κ2) is 5.73. The fraction of sp³-hybridized carbons (Fsp3) is 0.429. The molecule has 2 rings (SSSR count). The summed E-state index contributed by atoms with van der Waals surface area (Å²) in [5, 5.41) is 5.58. The minimum atomic E-state index is -0.165. The summed E-state index contributed by atoms with van der Waals surface area (Å²) >= 11 is 0. The zero-order valence-electron chi connectivity index (χ0n) is 11.2. The van der Waals surface area contributed by atoms with E-state index in [0.29, 0.717) is 17.1 Å². The highest BCUT2D eigenvalue weighted by atomic mass is 16.5. The smallest absolute Gasteiger partial charge is 0.262 e. The highest BCUT2D eigenvalue weighted by Crippen LogP contribution is 2.30. The quantitative estimate of drug-likeness (QED) is 0.875. The molecular weight excluding hydrogens is 244 g/mol. The molecule has 0 spiro atoms. The Kier molecular flexibility index (Phi) is 4.04. The predicted molar refractivity (Wildman–Crippen MR) is 73.3 cm³/mol.